The van der Waals surface area contributed by atoms with Gasteiger partial charge in [-0.15, -0.1) is 0 Å². The molecule has 0 saturated carbocycles. The van der Waals surface area contributed by atoms with Crippen LogP contribution in [0.1, 0.15) is 22.5 Å². The highest BCUT2D eigenvalue weighted by molar-refractivity contribution is 14.1. The molecule has 1 rings (SSSR count). The Labute approximate surface area is 105 Å². The minimum Gasteiger partial charge on any atom is -0.274 e. The fourth-order valence-electron chi connectivity index (χ4n) is 0.852. The molecule has 1 heterocycles. The number of hydrogen-bond acceptors (Lipinski definition) is 2. The number of aromatic nitrogens is 1. The normalized spacial score (nSPS) is 10.7. The van der Waals surface area contributed by atoms with Gasteiger partial charge >= 0.3 is 0 Å². The van der Waals surface area contributed by atoms with Crippen molar-refractivity contribution < 1.29 is 13.6 Å². The number of nitrogens with zero attached hydrogens (tertiary/aromatic N) is 1. The van der Waals surface area contributed by atoms with Gasteiger partial charge in [0.05, 0.1) is 5.56 Å². The molecule has 0 aliphatic carbocycles. The molecule has 0 aliphatic rings. The van der Waals surface area contributed by atoms with Gasteiger partial charge < -0.3 is 0 Å². The molecule has 0 radical (unpaired) electrons. The van der Waals surface area contributed by atoms with Gasteiger partial charge in [-0.25, -0.2) is 13.8 Å². The Bertz CT molecular complexity index is 388. The molecule has 0 fully saturated rings. The van der Waals surface area contributed by atoms with Crippen LogP contribution in [0.5, 0.6) is 0 Å². The number of rotatable bonds is 2. The number of carbonyl (C=O) groups excluding carboxylic acids is 1. The Balaban J connectivity index is 3.44. The molecule has 0 atom stereocenters. The van der Waals surface area contributed by atoms with E-state index in [1.54, 1.807) is 22.6 Å². The van der Waals surface area contributed by atoms with Crippen LogP contribution in [-0.4, -0.2) is 10.2 Å². The molecule has 0 aromatic carbocycles. The molecule has 76 valence electrons. The van der Waals surface area contributed by atoms with Crippen LogP contribution in [0.2, 0.25) is 0 Å². The molecule has 14 heavy (non-hydrogen) atoms. The molecular weight excluding hydrogens is 394 g/mol. The highest BCUT2D eigenvalue weighted by Gasteiger charge is 2.22. The summed E-state index contributed by atoms with van der Waals surface area (Å²) in [4.78, 5) is 14.4. The van der Waals surface area contributed by atoms with Gasteiger partial charge in [-0.3, -0.25) is 4.79 Å². The van der Waals surface area contributed by atoms with Crippen LogP contribution in [0.3, 0.4) is 0 Å². The Morgan fingerprint density at radius 2 is 2.21 bits per heavy atom. The van der Waals surface area contributed by atoms with Crippen LogP contribution in [0.4, 0.5) is 8.78 Å². The summed E-state index contributed by atoms with van der Waals surface area (Å²) in [5.74, 6) is 0. The topological polar surface area (TPSA) is 30.0 Å². The summed E-state index contributed by atoms with van der Waals surface area (Å²) in [7, 11) is 0. The molecule has 1 aromatic heterocycles. The Morgan fingerprint density at radius 3 is 2.64 bits per heavy atom. The zero-order valence-corrected chi connectivity index (χ0v) is 10.9. The summed E-state index contributed by atoms with van der Waals surface area (Å²) in [6, 6.07) is 1.39. The molecule has 0 saturated heterocycles. The SMILES string of the molecule is O=C(Cl)c1nc(Br)cc(I)c1C(F)F. The highest BCUT2D eigenvalue weighted by atomic mass is 127. The van der Waals surface area contributed by atoms with E-state index in [4.69, 9.17) is 11.6 Å². The summed E-state index contributed by atoms with van der Waals surface area (Å²) < 4.78 is 25.6. The number of alkyl halides is 2. The first kappa shape index (κ1) is 12.3. The first-order chi connectivity index (χ1) is 6.43. The average molecular weight is 396 g/mol. The molecule has 2 nitrogen and oxygen atoms in total. The second-order valence-corrected chi connectivity index (χ2v) is 4.58. The van der Waals surface area contributed by atoms with Crippen LogP contribution < -0.4 is 0 Å². The Hall–Kier alpha value is 0.180. The zero-order chi connectivity index (χ0) is 10.9. The molecule has 0 spiro atoms. The maximum atomic E-state index is 12.5. The van der Waals surface area contributed by atoms with Gasteiger partial charge in [-0.2, -0.15) is 0 Å². The predicted molar refractivity (Wildman–Crippen MR) is 59.8 cm³/mol. The summed E-state index contributed by atoms with van der Waals surface area (Å²) in [6.45, 7) is 0. The third kappa shape index (κ3) is 2.60. The van der Waals surface area contributed by atoms with Crippen LogP contribution in [0.15, 0.2) is 10.7 Å². The summed E-state index contributed by atoms with van der Waals surface area (Å²) in [5.41, 5.74) is -0.825. The van der Waals surface area contributed by atoms with E-state index in [9.17, 15) is 13.6 Å². The first-order valence-corrected chi connectivity index (χ1v) is 5.52. The van der Waals surface area contributed by atoms with Crippen molar-refractivity contribution in [2.45, 2.75) is 6.43 Å². The van der Waals surface area contributed by atoms with Gasteiger partial charge in [0.1, 0.15) is 10.3 Å². The van der Waals surface area contributed by atoms with Crippen molar-refractivity contribution >= 4 is 55.4 Å². The zero-order valence-electron chi connectivity index (χ0n) is 6.40. The minimum absolute atomic E-state index is 0.253. The fourth-order valence-corrected chi connectivity index (χ4v) is 2.62. The van der Waals surface area contributed by atoms with Crippen molar-refractivity contribution in [1.82, 2.24) is 4.98 Å². The number of carbonyl (C=O) groups is 1. The van der Waals surface area contributed by atoms with Crippen molar-refractivity contribution in [3.8, 4) is 0 Å². The van der Waals surface area contributed by atoms with Gasteiger partial charge in [-0.05, 0) is 56.2 Å². The van der Waals surface area contributed by atoms with Crippen molar-refractivity contribution in [2.24, 2.45) is 0 Å². The van der Waals surface area contributed by atoms with Crippen molar-refractivity contribution in [3.05, 3.63) is 25.5 Å². The molecule has 0 amide bonds. The van der Waals surface area contributed by atoms with Gasteiger partial charge in [0.15, 0.2) is 0 Å². The van der Waals surface area contributed by atoms with Crippen molar-refractivity contribution in [2.75, 3.05) is 0 Å². The summed E-state index contributed by atoms with van der Waals surface area (Å²) >= 11 is 9.83. The quantitative estimate of drug-likeness (QED) is 0.433. The number of hydrogen-bond donors (Lipinski definition) is 0. The summed E-state index contributed by atoms with van der Waals surface area (Å²) in [6.07, 6.45) is -2.76. The van der Waals surface area contributed by atoms with Crippen LogP contribution in [0, 0.1) is 3.57 Å². The van der Waals surface area contributed by atoms with Gasteiger partial charge in [0, 0.05) is 3.57 Å². The van der Waals surface area contributed by atoms with Crippen molar-refractivity contribution in [3.63, 3.8) is 0 Å². The lowest BCUT2D eigenvalue weighted by molar-refractivity contribution is 0.106. The smallest absolute Gasteiger partial charge is 0.271 e. The van der Waals surface area contributed by atoms with E-state index in [-0.39, 0.29) is 3.57 Å². The van der Waals surface area contributed by atoms with E-state index in [0.29, 0.717) is 4.60 Å². The number of halogens is 5. The third-order valence-corrected chi connectivity index (χ3v) is 2.86. The largest absolute Gasteiger partial charge is 0.274 e. The van der Waals surface area contributed by atoms with Crippen LogP contribution in [0.25, 0.3) is 0 Å². The summed E-state index contributed by atoms with van der Waals surface area (Å²) in [5, 5.41) is -0.987. The highest BCUT2D eigenvalue weighted by Crippen LogP contribution is 2.29. The van der Waals surface area contributed by atoms with Crippen LogP contribution >= 0.6 is 50.1 Å². The second kappa shape index (κ2) is 4.80. The molecule has 1 aromatic rings. The average Bonchev–Trinajstić information content (AvgIpc) is 2.01. The Kier molecular flexibility index (Phi) is 4.20. The lowest BCUT2D eigenvalue weighted by Gasteiger charge is -2.07. The molecule has 0 aliphatic heterocycles. The Morgan fingerprint density at radius 1 is 1.64 bits per heavy atom. The predicted octanol–water partition coefficient (Wildman–Crippen LogP) is 3.77. The van der Waals surface area contributed by atoms with Gasteiger partial charge in [0.25, 0.3) is 11.7 Å². The standard InChI is InChI=1S/C7H2BrClF2INO/c8-3-1-2(12)4(7(10)11)5(13-3)6(9)14/h1,7H. The maximum absolute atomic E-state index is 12.5. The molecular formula is C7H2BrClF2INO. The van der Waals surface area contributed by atoms with E-state index in [0.717, 1.165) is 0 Å². The monoisotopic (exact) mass is 395 g/mol. The van der Waals surface area contributed by atoms with Crippen LogP contribution in [-0.2, 0) is 0 Å². The fraction of sp³-hybridized carbons (Fsp3) is 0.143. The molecule has 7 heteroatoms. The van der Waals surface area contributed by atoms with Crippen molar-refractivity contribution in [1.29, 1.82) is 0 Å². The second-order valence-electron chi connectivity index (χ2n) is 2.26. The van der Waals surface area contributed by atoms with E-state index < -0.39 is 22.9 Å². The van der Waals surface area contributed by atoms with E-state index >= 15 is 0 Å². The van der Waals surface area contributed by atoms with Gasteiger partial charge in [0.2, 0.25) is 0 Å². The van der Waals surface area contributed by atoms with E-state index in [1.165, 1.54) is 6.07 Å². The van der Waals surface area contributed by atoms with E-state index in [1.807, 2.05) is 0 Å². The third-order valence-electron chi connectivity index (χ3n) is 1.38. The molecule has 0 unspecified atom stereocenters. The van der Waals surface area contributed by atoms with E-state index in [2.05, 4.69) is 20.9 Å². The lowest BCUT2D eigenvalue weighted by Crippen LogP contribution is -2.05. The lowest BCUT2D eigenvalue weighted by atomic mass is 10.2. The molecule has 0 N–H and O–H groups in total. The minimum atomic E-state index is -2.76. The maximum Gasteiger partial charge on any atom is 0.271 e. The molecule has 0 bridgehead atoms. The van der Waals surface area contributed by atoms with Gasteiger partial charge in [-0.1, -0.05) is 0 Å². The first-order valence-electron chi connectivity index (χ1n) is 3.27. The number of pyridine rings is 1.